The standard InChI is InChI=1S/C24H31N3O3/c1-16(2)11-13-25-18-5-3-17(4-6-18)12-14-26-21(15-28)19-7-9-22(29)24-20(19)8-10-23(30)27-24/h3-10,16,21,25-26,28-29H,11-15H2,1-2H3,(H,27,30). The molecule has 1 aromatic heterocycles. The van der Waals surface area contributed by atoms with E-state index >= 15 is 0 Å². The lowest BCUT2D eigenvalue weighted by Crippen LogP contribution is -2.27. The largest absolute Gasteiger partial charge is 0.506 e. The third-order valence-electron chi connectivity index (χ3n) is 5.27. The Morgan fingerprint density at radius 1 is 1.00 bits per heavy atom. The average molecular weight is 410 g/mol. The molecule has 6 heteroatoms. The summed E-state index contributed by atoms with van der Waals surface area (Å²) in [4.78, 5) is 14.3. The number of aromatic hydroxyl groups is 1. The quantitative estimate of drug-likeness (QED) is 0.353. The first-order valence-corrected chi connectivity index (χ1v) is 10.5. The number of hydrogen-bond acceptors (Lipinski definition) is 5. The predicted octanol–water partition coefficient (Wildman–Crippen LogP) is 3.56. The van der Waals surface area contributed by atoms with Gasteiger partial charge < -0.3 is 25.8 Å². The summed E-state index contributed by atoms with van der Waals surface area (Å²) in [5, 5.41) is 27.5. The van der Waals surface area contributed by atoms with Crippen LogP contribution >= 0.6 is 0 Å². The molecule has 0 spiro atoms. The Balaban J connectivity index is 1.61. The van der Waals surface area contributed by atoms with Gasteiger partial charge in [0.2, 0.25) is 5.56 Å². The number of H-pyrrole nitrogens is 1. The number of benzene rings is 2. The topological polar surface area (TPSA) is 97.4 Å². The molecule has 30 heavy (non-hydrogen) atoms. The van der Waals surface area contributed by atoms with E-state index in [2.05, 4.69) is 53.7 Å². The van der Waals surface area contributed by atoms with Crippen molar-refractivity contribution in [2.45, 2.75) is 32.7 Å². The van der Waals surface area contributed by atoms with Crippen LogP contribution in [0.25, 0.3) is 10.9 Å². The number of aliphatic hydroxyl groups excluding tert-OH is 1. The zero-order chi connectivity index (χ0) is 21.5. The Labute approximate surface area is 177 Å². The average Bonchev–Trinajstić information content (AvgIpc) is 2.73. The molecule has 3 rings (SSSR count). The van der Waals surface area contributed by atoms with Crippen LogP contribution < -0.4 is 16.2 Å². The van der Waals surface area contributed by atoms with Gasteiger partial charge in [-0.2, -0.15) is 0 Å². The zero-order valence-corrected chi connectivity index (χ0v) is 17.6. The molecule has 6 nitrogen and oxygen atoms in total. The molecule has 3 aromatic rings. The van der Waals surface area contributed by atoms with Crippen LogP contribution in [0.2, 0.25) is 0 Å². The molecule has 0 radical (unpaired) electrons. The molecule has 2 aromatic carbocycles. The first-order valence-electron chi connectivity index (χ1n) is 10.5. The second kappa shape index (κ2) is 10.3. The number of nitrogens with one attached hydrogen (secondary N) is 3. The van der Waals surface area contributed by atoms with Crippen LogP contribution in [0, 0.1) is 5.92 Å². The van der Waals surface area contributed by atoms with Gasteiger partial charge in [-0.1, -0.05) is 32.0 Å². The van der Waals surface area contributed by atoms with Crippen LogP contribution in [0.1, 0.15) is 37.4 Å². The molecule has 1 atom stereocenters. The summed E-state index contributed by atoms with van der Waals surface area (Å²) in [6, 6.07) is 14.6. The molecule has 0 bridgehead atoms. The molecule has 1 unspecified atom stereocenters. The molecule has 160 valence electrons. The molecule has 0 aliphatic rings. The maximum atomic E-state index is 11.6. The second-order valence-corrected chi connectivity index (χ2v) is 8.03. The van der Waals surface area contributed by atoms with Crippen molar-refractivity contribution in [3.05, 3.63) is 70.0 Å². The lowest BCUT2D eigenvalue weighted by atomic mass is 10.0. The molecular weight excluding hydrogens is 378 g/mol. The first-order chi connectivity index (χ1) is 14.5. The Bertz CT molecular complexity index is 1010. The van der Waals surface area contributed by atoms with Crippen molar-refractivity contribution in [2.75, 3.05) is 25.0 Å². The van der Waals surface area contributed by atoms with Crippen LogP contribution in [0.4, 0.5) is 5.69 Å². The highest BCUT2D eigenvalue weighted by Crippen LogP contribution is 2.28. The third-order valence-corrected chi connectivity index (χ3v) is 5.27. The van der Waals surface area contributed by atoms with E-state index in [4.69, 9.17) is 0 Å². The number of phenols is 1. The van der Waals surface area contributed by atoms with Crippen molar-refractivity contribution in [2.24, 2.45) is 5.92 Å². The Morgan fingerprint density at radius 3 is 2.47 bits per heavy atom. The Hall–Kier alpha value is -2.83. The van der Waals surface area contributed by atoms with Crippen LogP contribution in [0.5, 0.6) is 5.75 Å². The molecule has 0 aliphatic carbocycles. The zero-order valence-electron chi connectivity index (χ0n) is 17.6. The number of aliphatic hydroxyl groups is 1. The summed E-state index contributed by atoms with van der Waals surface area (Å²) in [5.74, 6) is 0.707. The van der Waals surface area contributed by atoms with Crippen molar-refractivity contribution in [3.8, 4) is 5.75 Å². The summed E-state index contributed by atoms with van der Waals surface area (Å²) in [6.45, 7) is 6.02. The van der Waals surface area contributed by atoms with Gasteiger partial charge in [0.15, 0.2) is 0 Å². The van der Waals surface area contributed by atoms with Crippen LogP contribution in [-0.4, -0.2) is 34.9 Å². The van der Waals surface area contributed by atoms with Crippen molar-refractivity contribution in [1.29, 1.82) is 0 Å². The SMILES string of the molecule is CC(C)CCNc1ccc(CCNC(CO)c2ccc(O)c3[nH]c(=O)ccc23)cc1. The fraction of sp³-hybridized carbons (Fsp3) is 0.375. The van der Waals surface area contributed by atoms with Gasteiger partial charge in [0.05, 0.1) is 18.2 Å². The highest BCUT2D eigenvalue weighted by molar-refractivity contribution is 5.87. The van der Waals surface area contributed by atoms with Gasteiger partial charge in [-0.25, -0.2) is 0 Å². The minimum atomic E-state index is -0.295. The number of hydrogen-bond donors (Lipinski definition) is 5. The third kappa shape index (κ3) is 5.62. The Kier molecular flexibility index (Phi) is 7.49. The minimum Gasteiger partial charge on any atom is -0.506 e. The number of anilines is 1. The predicted molar refractivity (Wildman–Crippen MR) is 122 cm³/mol. The van der Waals surface area contributed by atoms with E-state index in [1.807, 2.05) is 0 Å². The van der Waals surface area contributed by atoms with Crippen molar-refractivity contribution < 1.29 is 10.2 Å². The maximum Gasteiger partial charge on any atom is 0.248 e. The highest BCUT2D eigenvalue weighted by Gasteiger charge is 2.15. The monoisotopic (exact) mass is 409 g/mol. The van der Waals surface area contributed by atoms with E-state index in [0.29, 0.717) is 18.0 Å². The lowest BCUT2D eigenvalue weighted by molar-refractivity contribution is 0.246. The fourth-order valence-electron chi connectivity index (χ4n) is 3.52. The summed E-state index contributed by atoms with van der Waals surface area (Å²) in [7, 11) is 0. The smallest absolute Gasteiger partial charge is 0.248 e. The summed E-state index contributed by atoms with van der Waals surface area (Å²) >= 11 is 0. The molecule has 0 saturated carbocycles. The molecule has 0 fully saturated rings. The summed E-state index contributed by atoms with van der Waals surface area (Å²) in [6.07, 6.45) is 1.98. The van der Waals surface area contributed by atoms with Crippen molar-refractivity contribution >= 4 is 16.6 Å². The number of aromatic amines is 1. The summed E-state index contributed by atoms with van der Waals surface area (Å²) < 4.78 is 0. The van der Waals surface area contributed by atoms with Gasteiger partial charge in [0.1, 0.15) is 5.75 Å². The van der Waals surface area contributed by atoms with Crippen LogP contribution in [-0.2, 0) is 6.42 Å². The molecule has 0 amide bonds. The van der Waals surface area contributed by atoms with Crippen LogP contribution in [0.3, 0.4) is 0 Å². The van der Waals surface area contributed by atoms with E-state index in [0.717, 1.165) is 36.0 Å². The van der Waals surface area contributed by atoms with Crippen LogP contribution in [0.15, 0.2) is 53.3 Å². The fourth-order valence-corrected chi connectivity index (χ4v) is 3.52. The molecular formula is C24H31N3O3. The molecule has 0 saturated heterocycles. The second-order valence-electron chi connectivity index (χ2n) is 8.03. The number of phenolic OH excluding ortho intramolecular Hbond substituents is 1. The Morgan fingerprint density at radius 2 is 1.77 bits per heavy atom. The van der Waals surface area contributed by atoms with Gasteiger partial charge in [0.25, 0.3) is 0 Å². The highest BCUT2D eigenvalue weighted by atomic mass is 16.3. The number of rotatable bonds is 10. The molecule has 0 aliphatic heterocycles. The number of fused-ring (bicyclic) bond motifs is 1. The van der Waals surface area contributed by atoms with Crippen molar-refractivity contribution in [3.63, 3.8) is 0 Å². The lowest BCUT2D eigenvalue weighted by Gasteiger charge is -2.19. The normalized spacial score (nSPS) is 12.4. The maximum absolute atomic E-state index is 11.6. The van der Waals surface area contributed by atoms with E-state index in [-0.39, 0.29) is 24.0 Å². The van der Waals surface area contributed by atoms with E-state index < -0.39 is 0 Å². The number of aromatic nitrogens is 1. The van der Waals surface area contributed by atoms with E-state index in [1.165, 1.54) is 11.6 Å². The minimum absolute atomic E-state index is 0.0187. The summed E-state index contributed by atoms with van der Waals surface area (Å²) in [5.41, 5.74) is 3.30. The molecule has 5 N–H and O–H groups in total. The van der Waals surface area contributed by atoms with Gasteiger partial charge in [-0.3, -0.25) is 4.79 Å². The van der Waals surface area contributed by atoms with Gasteiger partial charge in [0, 0.05) is 23.7 Å². The van der Waals surface area contributed by atoms with Gasteiger partial charge in [-0.15, -0.1) is 0 Å². The van der Waals surface area contributed by atoms with Gasteiger partial charge in [-0.05, 0) is 60.7 Å². The van der Waals surface area contributed by atoms with E-state index in [9.17, 15) is 15.0 Å². The van der Waals surface area contributed by atoms with Crippen molar-refractivity contribution in [1.82, 2.24) is 10.3 Å². The number of pyridine rings is 1. The first kappa shape index (κ1) is 21.9. The van der Waals surface area contributed by atoms with Gasteiger partial charge >= 0.3 is 0 Å². The molecule has 1 heterocycles. The van der Waals surface area contributed by atoms with E-state index in [1.54, 1.807) is 18.2 Å².